The Morgan fingerprint density at radius 1 is 0.958 bits per heavy atom. The molecule has 122 valence electrons. The SMILES string of the molecule is O=C(Nc1ccccc1)NS(=O)(=O)c1ccc2oc(=O)ccc2c1. The number of carbonyl (C=O) groups excluding carboxylic acids is 1. The zero-order chi connectivity index (χ0) is 17.2. The number of anilines is 1. The van der Waals surface area contributed by atoms with Gasteiger partial charge in [0.1, 0.15) is 5.58 Å². The number of amides is 2. The summed E-state index contributed by atoms with van der Waals surface area (Å²) in [7, 11) is -4.06. The highest BCUT2D eigenvalue weighted by Crippen LogP contribution is 2.17. The molecular formula is C16H12N2O5S. The fourth-order valence-electron chi connectivity index (χ4n) is 2.08. The largest absolute Gasteiger partial charge is 0.423 e. The molecule has 0 saturated heterocycles. The van der Waals surface area contributed by atoms with Crippen LogP contribution >= 0.6 is 0 Å². The lowest BCUT2D eigenvalue weighted by atomic mass is 10.2. The van der Waals surface area contributed by atoms with E-state index in [0.717, 1.165) is 0 Å². The molecule has 0 aliphatic carbocycles. The van der Waals surface area contributed by atoms with Gasteiger partial charge < -0.3 is 9.73 Å². The van der Waals surface area contributed by atoms with Crippen LogP contribution in [0.3, 0.4) is 0 Å². The average Bonchev–Trinajstić information content (AvgIpc) is 2.54. The topological polar surface area (TPSA) is 105 Å². The van der Waals surface area contributed by atoms with Gasteiger partial charge in [-0.1, -0.05) is 18.2 Å². The number of fused-ring (bicyclic) bond motifs is 1. The summed E-state index contributed by atoms with van der Waals surface area (Å²) in [6, 6.07) is 14.1. The van der Waals surface area contributed by atoms with Crippen LogP contribution in [0.1, 0.15) is 0 Å². The van der Waals surface area contributed by atoms with Crippen molar-refractivity contribution in [2.45, 2.75) is 4.90 Å². The van der Waals surface area contributed by atoms with Gasteiger partial charge in [0, 0.05) is 17.1 Å². The molecule has 24 heavy (non-hydrogen) atoms. The normalized spacial score (nSPS) is 11.2. The van der Waals surface area contributed by atoms with E-state index in [9.17, 15) is 18.0 Å². The third-order valence-corrected chi connectivity index (χ3v) is 4.49. The summed E-state index contributed by atoms with van der Waals surface area (Å²) in [4.78, 5) is 22.9. The number of nitrogens with one attached hydrogen (secondary N) is 2. The lowest BCUT2D eigenvalue weighted by Crippen LogP contribution is -2.34. The van der Waals surface area contributed by atoms with Crippen LogP contribution in [-0.2, 0) is 10.0 Å². The first-order chi connectivity index (χ1) is 11.4. The molecule has 7 nitrogen and oxygen atoms in total. The number of benzene rings is 2. The predicted octanol–water partition coefficient (Wildman–Crippen LogP) is 2.30. The Bertz CT molecular complexity index is 1060. The minimum atomic E-state index is -4.06. The molecule has 0 saturated carbocycles. The van der Waals surface area contributed by atoms with E-state index in [-0.39, 0.29) is 10.5 Å². The molecule has 3 aromatic rings. The third kappa shape index (κ3) is 3.44. The highest BCUT2D eigenvalue weighted by molar-refractivity contribution is 7.90. The highest BCUT2D eigenvalue weighted by atomic mass is 32.2. The summed E-state index contributed by atoms with van der Waals surface area (Å²) in [5.41, 5.74) is 0.194. The minimum absolute atomic E-state index is 0.118. The number of carbonyl (C=O) groups is 1. The van der Waals surface area contributed by atoms with Crippen molar-refractivity contribution in [1.82, 2.24) is 4.72 Å². The molecule has 0 unspecified atom stereocenters. The summed E-state index contributed by atoms with van der Waals surface area (Å²) >= 11 is 0. The predicted molar refractivity (Wildman–Crippen MR) is 88.3 cm³/mol. The summed E-state index contributed by atoms with van der Waals surface area (Å²) in [6.07, 6.45) is 0. The van der Waals surface area contributed by atoms with Crippen LogP contribution in [-0.4, -0.2) is 14.4 Å². The fourth-order valence-corrected chi connectivity index (χ4v) is 3.02. The van der Waals surface area contributed by atoms with Crippen LogP contribution in [0.4, 0.5) is 10.5 Å². The van der Waals surface area contributed by atoms with E-state index in [1.54, 1.807) is 30.3 Å². The van der Waals surface area contributed by atoms with Gasteiger partial charge in [-0.3, -0.25) is 0 Å². The van der Waals surface area contributed by atoms with Crippen LogP contribution in [0.2, 0.25) is 0 Å². The number of hydrogen-bond acceptors (Lipinski definition) is 5. The molecule has 0 aliphatic heterocycles. The monoisotopic (exact) mass is 344 g/mol. The zero-order valence-electron chi connectivity index (χ0n) is 12.2. The number of para-hydroxylation sites is 1. The zero-order valence-corrected chi connectivity index (χ0v) is 13.0. The van der Waals surface area contributed by atoms with E-state index in [0.29, 0.717) is 11.1 Å². The van der Waals surface area contributed by atoms with E-state index < -0.39 is 21.7 Å². The molecule has 1 aromatic heterocycles. The molecule has 0 spiro atoms. The molecule has 2 aromatic carbocycles. The van der Waals surface area contributed by atoms with Gasteiger partial charge in [-0.15, -0.1) is 0 Å². The van der Waals surface area contributed by atoms with Crippen molar-refractivity contribution in [2.75, 3.05) is 5.32 Å². The first-order valence-corrected chi connectivity index (χ1v) is 8.35. The van der Waals surface area contributed by atoms with Gasteiger partial charge in [0.15, 0.2) is 0 Å². The van der Waals surface area contributed by atoms with E-state index in [2.05, 4.69) is 5.32 Å². The Morgan fingerprint density at radius 3 is 2.46 bits per heavy atom. The van der Waals surface area contributed by atoms with Crippen LogP contribution in [0, 0.1) is 0 Å². The van der Waals surface area contributed by atoms with E-state index >= 15 is 0 Å². The van der Waals surface area contributed by atoms with Gasteiger partial charge in [-0.05, 0) is 36.4 Å². The quantitative estimate of drug-likeness (QED) is 0.709. The summed E-state index contributed by atoms with van der Waals surface area (Å²) in [5.74, 6) is 0. The molecule has 0 fully saturated rings. The average molecular weight is 344 g/mol. The van der Waals surface area contributed by atoms with Crippen molar-refractivity contribution in [3.8, 4) is 0 Å². The lowest BCUT2D eigenvalue weighted by Gasteiger charge is -2.09. The Labute approximate surface area is 137 Å². The molecule has 3 rings (SSSR count). The maximum absolute atomic E-state index is 12.3. The summed E-state index contributed by atoms with van der Waals surface area (Å²) in [5, 5.41) is 2.85. The van der Waals surface area contributed by atoms with Gasteiger partial charge in [0.2, 0.25) is 0 Å². The Balaban J connectivity index is 1.83. The number of urea groups is 1. The van der Waals surface area contributed by atoms with Gasteiger partial charge in [0.05, 0.1) is 4.90 Å². The molecule has 0 bridgehead atoms. The first-order valence-electron chi connectivity index (χ1n) is 6.87. The van der Waals surface area contributed by atoms with Crippen LogP contribution in [0.15, 0.2) is 74.8 Å². The number of hydrogen-bond donors (Lipinski definition) is 2. The van der Waals surface area contributed by atoms with E-state index in [1.165, 1.54) is 30.3 Å². The fraction of sp³-hybridized carbons (Fsp3) is 0. The molecule has 8 heteroatoms. The van der Waals surface area contributed by atoms with Crippen molar-refractivity contribution in [1.29, 1.82) is 0 Å². The van der Waals surface area contributed by atoms with Crippen molar-refractivity contribution in [2.24, 2.45) is 0 Å². The smallest absolute Gasteiger partial charge is 0.336 e. The van der Waals surface area contributed by atoms with E-state index in [1.807, 2.05) is 4.72 Å². The van der Waals surface area contributed by atoms with Crippen LogP contribution < -0.4 is 15.7 Å². The molecule has 0 atom stereocenters. The van der Waals surface area contributed by atoms with Gasteiger partial charge in [-0.2, -0.15) is 0 Å². The number of sulfonamides is 1. The highest BCUT2D eigenvalue weighted by Gasteiger charge is 2.18. The third-order valence-electron chi connectivity index (χ3n) is 3.16. The minimum Gasteiger partial charge on any atom is -0.423 e. The van der Waals surface area contributed by atoms with Crippen molar-refractivity contribution in [3.63, 3.8) is 0 Å². The Morgan fingerprint density at radius 2 is 1.71 bits per heavy atom. The van der Waals surface area contributed by atoms with Crippen molar-refractivity contribution < 1.29 is 17.6 Å². The Kier molecular flexibility index (Phi) is 4.05. The van der Waals surface area contributed by atoms with Gasteiger partial charge >= 0.3 is 11.7 Å². The maximum Gasteiger partial charge on any atom is 0.336 e. The lowest BCUT2D eigenvalue weighted by molar-refractivity contribution is 0.256. The molecule has 2 N–H and O–H groups in total. The number of rotatable bonds is 3. The summed E-state index contributed by atoms with van der Waals surface area (Å²) in [6.45, 7) is 0. The van der Waals surface area contributed by atoms with Crippen molar-refractivity contribution in [3.05, 3.63) is 71.1 Å². The maximum atomic E-state index is 12.3. The molecule has 0 aliphatic rings. The molecule has 0 radical (unpaired) electrons. The Hall–Kier alpha value is -3.13. The summed E-state index contributed by atoms with van der Waals surface area (Å²) < 4.78 is 31.4. The van der Waals surface area contributed by atoms with Crippen molar-refractivity contribution >= 4 is 32.7 Å². The second-order valence-corrected chi connectivity index (χ2v) is 6.56. The van der Waals surface area contributed by atoms with Crippen LogP contribution in [0.25, 0.3) is 11.0 Å². The second kappa shape index (κ2) is 6.17. The first kappa shape index (κ1) is 15.8. The standard InChI is InChI=1S/C16H12N2O5S/c19-15-9-6-11-10-13(7-8-14(11)23-15)24(21,22)18-16(20)17-12-4-2-1-3-5-12/h1-10H,(H2,17,18,20). The van der Waals surface area contributed by atoms with Gasteiger partial charge in [-0.25, -0.2) is 22.7 Å². The van der Waals surface area contributed by atoms with Crippen LogP contribution in [0.5, 0.6) is 0 Å². The second-order valence-electron chi connectivity index (χ2n) is 4.88. The van der Waals surface area contributed by atoms with Gasteiger partial charge in [0.25, 0.3) is 10.0 Å². The molecule has 1 heterocycles. The molecular weight excluding hydrogens is 332 g/mol. The molecule has 2 amide bonds. The van der Waals surface area contributed by atoms with E-state index in [4.69, 9.17) is 4.42 Å².